The minimum absolute atomic E-state index is 0.0610. The van der Waals surface area contributed by atoms with Gasteiger partial charge < -0.3 is 9.47 Å². The van der Waals surface area contributed by atoms with Crippen LogP contribution in [0.4, 0.5) is 9.59 Å². The highest BCUT2D eigenvalue weighted by molar-refractivity contribution is 5.68. The van der Waals surface area contributed by atoms with Crippen LogP contribution in [0.25, 0.3) is 0 Å². The molecule has 0 aliphatic heterocycles. The average Bonchev–Trinajstić information content (AvgIpc) is 2.96. The zero-order chi connectivity index (χ0) is 25.7. The van der Waals surface area contributed by atoms with Gasteiger partial charge in [0.15, 0.2) is 0 Å². The van der Waals surface area contributed by atoms with Gasteiger partial charge >= 0.3 is 12.2 Å². The molecule has 0 heterocycles. The SMILES string of the molecule is O=C(OCc1ccccc1)N(Cc1ccccc1)ON(Cc1ccccc1)C(=O)OCc1ccccc1. The summed E-state index contributed by atoms with van der Waals surface area (Å²) in [6, 6.07) is 37.3. The Morgan fingerprint density at radius 1 is 0.459 bits per heavy atom. The van der Waals surface area contributed by atoms with Crippen molar-refractivity contribution in [1.82, 2.24) is 10.1 Å². The molecule has 0 bridgehead atoms. The Labute approximate surface area is 216 Å². The lowest BCUT2D eigenvalue weighted by Crippen LogP contribution is -2.42. The fourth-order valence-electron chi connectivity index (χ4n) is 3.45. The largest absolute Gasteiger partial charge is 0.443 e. The van der Waals surface area contributed by atoms with Crippen molar-refractivity contribution in [1.29, 1.82) is 0 Å². The molecule has 4 aromatic rings. The van der Waals surface area contributed by atoms with Gasteiger partial charge in [-0.15, -0.1) is 4.94 Å². The highest BCUT2D eigenvalue weighted by Crippen LogP contribution is 2.15. The number of rotatable bonds is 10. The van der Waals surface area contributed by atoms with Crippen LogP contribution in [0, 0.1) is 0 Å². The Kier molecular flexibility index (Phi) is 9.27. The lowest BCUT2D eigenvalue weighted by molar-refractivity contribution is -0.294. The second-order valence-corrected chi connectivity index (χ2v) is 8.21. The van der Waals surface area contributed by atoms with Gasteiger partial charge in [0.05, 0.1) is 13.1 Å². The fraction of sp³-hybridized carbons (Fsp3) is 0.133. The van der Waals surface area contributed by atoms with E-state index in [1.807, 2.05) is 121 Å². The van der Waals surface area contributed by atoms with Crippen LogP contribution < -0.4 is 0 Å². The summed E-state index contributed by atoms with van der Waals surface area (Å²) in [4.78, 5) is 32.1. The van der Waals surface area contributed by atoms with E-state index in [2.05, 4.69) is 0 Å². The van der Waals surface area contributed by atoms with Crippen LogP contribution >= 0.6 is 0 Å². The quantitative estimate of drug-likeness (QED) is 0.234. The maximum atomic E-state index is 13.1. The molecule has 0 fully saturated rings. The lowest BCUT2D eigenvalue weighted by atomic mass is 10.2. The molecule has 0 saturated carbocycles. The van der Waals surface area contributed by atoms with E-state index in [1.165, 1.54) is 0 Å². The zero-order valence-electron chi connectivity index (χ0n) is 20.3. The smallest absolute Gasteiger partial charge is 0.436 e. The van der Waals surface area contributed by atoms with Crippen molar-refractivity contribution in [3.05, 3.63) is 144 Å². The van der Waals surface area contributed by atoms with Gasteiger partial charge in [-0.25, -0.2) is 9.59 Å². The van der Waals surface area contributed by atoms with Gasteiger partial charge in [-0.2, -0.15) is 10.1 Å². The topological polar surface area (TPSA) is 68.3 Å². The van der Waals surface area contributed by atoms with Crippen molar-refractivity contribution in [2.24, 2.45) is 0 Å². The molecule has 188 valence electrons. The number of carbonyl (C=O) groups is 2. The number of benzene rings is 4. The van der Waals surface area contributed by atoms with Crippen molar-refractivity contribution >= 4 is 12.2 Å². The van der Waals surface area contributed by atoms with Gasteiger partial charge in [0.2, 0.25) is 0 Å². The minimum Gasteiger partial charge on any atom is -0.443 e. The molecule has 0 aliphatic rings. The molecule has 2 amide bonds. The first kappa shape index (κ1) is 25.5. The molecule has 0 saturated heterocycles. The van der Waals surface area contributed by atoms with Crippen molar-refractivity contribution < 1.29 is 24.0 Å². The van der Waals surface area contributed by atoms with Gasteiger partial charge in [-0.3, -0.25) is 0 Å². The third-order valence-electron chi connectivity index (χ3n) is 5.35. The molecule has 0 radical (unpaired) electrons. The van der Waals surface area contributed by atoms with Crippen LogP contribution in [0.5, 0.6) is 0 Å². The first-order chi connectivity index (χ1) is 18.2. The van der Waals surface area contributed by atoms with Crippen LogP contribution in [0.15, 0.2) is 121 Å². The van der Waals surface area contributed by atoms with E-state index in [0.717, 1.165) is 32.4 Å². The highest BCUT2D eigenvalue weighted by atomic mass is 16.9. The standard InChI is InChI=1S/C30H28N2O5/c33-29(35-23-27-17-9-3-10-18-27)31(21-25-13-5-1-6-14-25)37-32(22-26-15-7-2-8-16-26)30(34)36-24-28-19-11-4-12-20-28/h1-20H,21-24H2. The van der Waals surface area contributed by atoms with Crippen LogP contribution in [0.2, 0.25) is 0 Å². The molecule has 4 rings (SSSR count). The van der Waals surface area contributed by atoms with Gasteiger partial charge in [0.25, 0.3) is 0 Å². The third-order valence-corrected chi connectivity index (χ3v) is 5.35. The van der Waals surface area contributed by atoms with E-state index in [0.29, 0.717) is 0 Å². The first-order valence-corrected chi connectivity index (χ1v) is 11.9. The lowest BCUT2D eigenvalue weighted by Gasteiger charge is -2.28. The maximum absolute atomic E-state index is 13.1. The van der Waals surface area contributed by atoms with Crippen molar-refractivity contribution in [3.63, 3.8) is 0 Å². The van der Waals surface area contributed by atoms with E-state index >= 15 is 0 Å². The van der Waals surface area contributed by atoms with E-state index < -0.39 is 12.2 Å². The van der Waals surface area contributed by atoms with E-state index in [1.54, 1.807) is 0 Å². The van der Waals surface area contributed by atoms with Crippen molar-refractivity contribution in [3.8, 4) is 0 Å². The Morgan fingerprint density at radius 3 is 1.08 bits per heavy atom. The Balaban J connectivity index is 1.51. The van der Waals surface area contributed by atoms with Crippen LogP contribution in [0.3, 0.4) is 0 Å². The summed E-state index contributed by atoms with van der Waals surface area (Å²) in [6.45, 7) is 0.244. The number of ether oxygens (including phenoxy) is 2. The van der Waals surface area contributed by atoms with E-state index in [-0.39, 0.29) is 26.3 Å². The highest BCUT2D eigenvalue weighted by Gasteiger charge is 2.26. The normalized spacial score (nSPS) is 10.4. The number of hydrogen-bond acceptors (Lipinski definition) is 5. The first-order valence-electron chi connectivity index (χ1n) is 11.9. The predicted molar refractivity (Wildman–Crippen MR) is 138 cm³/mol. The molecule has 0 aliphatic carbocycles. The monoisotopic (exact) mass is 496 g/mol. The Morgan fingerprint density at radius 2 is 0.757 bits per heavy atom. The molecule has 0 spiro atoms. The molecule has 4 aromatic carbocycles. The number of nitrogens with zero attached hydrogens (tertiary/aromatic N) is 2. The average molecular weight is 497 g/mol. The van der Waals surface area contributed by atoms with Crippen molar-refractivity contribution in [2.45, 2.75) is 26.3 Å². The summed E-state index contributed by atoms with van der Waals surface area (Å²) in [6.07, 6.45) is -1.47. The molecule has 7 nitrogen and oxygen atoms in total. The molecular formula is C30H28N2O5. The summed E-state index contributed by atoms with van der Waals surface area (Å²) in [5, 5.41) is 2.04. The summed E-state index contributed by atoms with van der Waals surface area (Å²) in [5.74, 6) is 0. The number of hydrogen-bond donors (Lipinski definition) is 0. The Hall–Kier alpha value is -4.62. The molecule has 0 atom stereocenters. The fourth-order valence-corrected chi connectivity index (χ4v) is 3.45. The molecule has 7 heteroatoms. The van der Waals surface area contributed by atoms with Crippen LogP contribution in [-0.4, -0.2) is 22.3 Å². The van der Waals surface area contributed by atoms with Gasteiger partial charge in [-0.1, -0.05) is 121 Å². The maximum Gasteiger partial charge on any atom is 0.436 e. The second kappa shape index (κ2) is 13.5. The summed E-state index contributed by atoms with van der Waals surface area (Å²) in [5.41, 5.74) is 3.27. The number of hydroxylamine groups is 4. The molecule has 0 N–H and O–H groups in total. The van der Waals surface area contributed by atoms with Gasteiger partial charge in [0.1, 0.15) is 13.2 Å². The Bertz CT molecular complexity index is 1140. The summed E-state index contributed by atoms with van der Waals surface area (Å²) < 4.78 is 11.0. The minimum atomic E-state index is -0.735. The number of amides is 2. The third kappa shape index (κ3) is 8.23. The van der Waals surface area contributed by atoms with E-state index in [4.69, 9.17) is 14.4 Å². The van der Waals surface area contributed by atoms with E-state index in [9.17, 15) is 9.59 Å². The molecule has 37 heavy (non-hydrogen) atoms. The molecule has 0 aromatic heterocycles. The summed E-state index contributed by atoms with van der Waals surface area (Å²) in [7, 11) is 0. The predicted octanol–water partition coefficient (Wildman–Crippen LogP) is 6.51. The van der Waals surface area contributed by atoms with Crippen LogP contribution in [-0.2, 0) is 40.7 Å². The second-order valence-electron chi connectivity index (χ2n) is 8.21. The van der Waals surface area contributed by atoms with Crippen LogP contribution in [0.1, 0.15) is 22.3 Å². The molecular weight excluding hydrogens is 468 g/mol. The van der Waals surface area contributed by atoms with Gasteiger partial charge in [0, 0.05) is 0 Å². The summed E-state index contributed by atoms with van der Waals surface area (Å²) >= 11 is 0. The number of carbonyl (C=O) groups excluding carboxylic acids is 2. The van der Waals surface area contributed by atoms with Crippen molar-refractivity contribution in [2.75, 3.05) is 0 Å². The molecule has 0 unspecified atom stereocenters. The zero-order valence-corrected chi connectivity index (χ0v) is 20.3. The van der Waals surface area contributed by atoms with Gasteiger partial charge in [-0.05, 0) is 22.3 Å².